The average molecular weight is 366 g/mol. The molecule has 1 aliphatic rings. The van der Waals surface area contributed by atoms with Crippen LogP contribution in [-0.4, -0.2) is 24.8 Å². The molecule has 2 rings (SSSR count). The molecule has 0 N–H and O–H groups in total. The zero-order chi connectivity index (χ0) is 19.8. The minimum Gasteiger partial charge on any atom is -0.207 e. The van der Waals surface area contributed by atoms with Gasteiger partial charge in [-0.25, -0.2) is 8.42 Å². The predicted molar refractivity (Wildman–Crippen MR) is 107 cm³/mol. The van der Waals surface area contributed by atoms with E-state index in [1.165, 1.54) is 5.57 Å². The maximum Gasteiger partial charge on any atom is 0.243 e. The van der Waals surface area contributed by atoms with Crippen molar-refractivity contribution in [3.63, 3.8) is 0 Å². The van der Waals surface area contributed by atoms with E-state index in [2.05, 4.69) is 55.0 Å². The first kappa shape index (κ1) is 21.9. The Balaban J connectivity index is 0.000000381. The molecule has 0 radical (unpaired) electrons. The van der Waals surface area contributed by atoms with Crippen molar-refractivity contribution in [3.8, 4) is 0 Å². The molecule has 0 amide bonds. The Kier molecular flexibility index (Phi) is 6.03. The van der Waals surface area contributed by atoms with Gasteiger partial charge in [-0.05, 0) is 43.7 Å². The summed E-state index contributed by atoms with van der Waals surface area (Å²) < 4.78 is 26.6. The second kappa shape index (κ2) is 6.88. The smallest absolute Gasteiger partial charge is 0.207 e. The summed E-state index contributed by atoms with van der Waals surface area (Å²) in [4.78, 5) is 0.390. The van der Waals surface area contributed by atoms with Crippen LogP contribution < -0.4 is 0 Å². The molecule has 0 aliphatic carbocycles. The number of hydrogen-bond donors (Lipinski definition) is 0. The topological polar surface area (TPSA) is 37.1 Å². The van der Waals surface area contributed by atoms with Crippen LogP contribution in [0.2, 0.25) is 0 Å². The van der Waals surface area contributed by atoms with E-state index in [4.69, 9.17) is 0 Å². The molecule has 2 unspecified atom stereocenters. The van der Waals surface area contributed by atoms with Crippen LogP contribution in [0.5, 0.6) is 0 Å². The molecular weight excluding hydrogens is 330 g/mol. The number of benzene rings is 1. The van der Waals surface area contributed by atoms with Crippen molar-refractivity contribution in [2.45, 2.75) is 72.7 Å². The highest BCUT2D eigenvalue weighted by Gasteiger charge is 2.61. The van der Waals surface area contributed by atoms with E-state index < -0.39 is 10.0 Å². The highest BCUT2D eigenvalue weighted by molar-refractivity contribution is 7.89. The van der Waals surface area contributed by atoms with Crippen LogP contribution in [0.4, 0.5) is 0 Å². The lowest BCUT2D eigenvalue weighted by atomic mass is 9.82. The van der Waals surface area contributed by atoms with Gasteiger partial charge in [0.1, 0.15) is 0 Å². The van der Waals surface area contributed by atoms with E-state index in [1.807, 2.05) is 26.0 Å². The summed E-state index contributed by atoms with van der Waals surface area (Å²) >= 11 is 0. The molecule has 25 heavy (non-hydrogen) atoms. The van der Waals surface area contributed by atoms with Gasteiger partial charge in [-0.1, -0.05) is 71.4 Å². The minimum absolute atomic E-state index is 0.0508. The lowest BCUT2D eigenvalue weighted by Crippen LogP contribution is -2.33. The van der Waals surface area contributed by atoms with Crippen molar-refractivity contribution in [3.05, 3.63) is 42.0 Å². The SMILES string of the molecule is C=C(C)C(C)(C)C.Cc1ccc(S(=O)(=O)N2CC2(C)C(C)(C)C)cc1. The zero-order valence-electron chi connectivity index (χ0n) is 17.4. The van der Waals surface area contributed by atoms with Gasteiger partial charge < -0.3 is 0 Å². The Morgan fingerprint density at radius 2 is 1.48 bits per heavy atom. The van der Waals surface area contributed by atoms with Crippen molar-refractivity contribution in [2.75, 3.05) is 6.54 Å². The summed E-state index contributed by atoms with van der Waals surface area (Å²) in [6, 6.07) is 7.05. The van der Waals surface area contributed by atoms with E-state index in [0.29, 0.717) is 16.9 Å². The number of allylic oxidation sites excluding steroid dienone is 1. The van der Waals surface area contributed by atoms with Crippen molar-refractivity contribution in [2.24, 2.45) is 10.8 Å². The largest absolute Gasteiger partial charge is 0.243 e. The van der Waals surface area contributed by atoms with Gasteiger partial charge in [0, 0.05) is 6.54 Å². The summed E-state index contributed by atoms with van der Waals surface area (Å²) in [5, 5.41) is 0. The lowest BCUT2D eigenvalue weighted by Gasteiger charge is -2.27. The molecule has 0 spiro atoms. The van der Waals surface area contributed by atoms with Gasteiger partial charge >= 0.3 is 0 Å². The van der Waals surface area contributed by atoms with Gasteiger partial charge in [0.25, 0.3) is 0 Å². The summed E-state index contributed by atoms with van der Waals surface area (Å²) in [6.07, 6.45) is 0. The fourth-order valence-electron chi connectivity index (χ4n) is 2.04. The molecule has 1 heterocycles. The van der Waals surface area contributed by atoms with Gasteiger partial charge in [0.2, 0.25) is 10.0 Å². The number of rotatable bonds is 2. The summed E-state index contributed by atoms with van der Waals surface area (Å²) in [5.74, 6) is 0. The second-order valence-electron chi connectivity index (χ2n) is 9.38. The van der Waals surface area contributed by atoms with Crippen LogP contribution in [-0.2, 0) is 10.0 Å². The molecule has 1 saturated heterocycles. The highest BCUT2D eigenvalue weighted by atomic mass is 32.2. The quantitative estimate of drug-likeness (QED) is 0.519. The molecule has 1 aromatic carbocycles. The van der Waals surface area contributed by atoms with Gasteiger partial charge in [-0.2, -0.15) is 4.31 Å². The molecule has 1 aromatic rings. The van der Waals surface area contributed by atoms with Gasteiger partial charge in [-0.3, -0.25) is 0 Å². The van der Waals surface area contributed by atoms with E-state index in [0.717, 1.165) is 5.56 Å². The first-order valence-electron chi connectivity index (χ1n) is 8.79. The molecule has 0 bridgehead atoms. The van der Waals surface area contributed by atoms with Crippen LogP contribution in [0, 0.1) is 17.8 Å². The van der Waals surface area contributed by atoms with Crippen LogP contribution in [0.1, 0.15) is 61.0 Å². The highest BCUT2D eigenvalue weighted by Crippen LogP contribution is 2.49. The number of aryl methyl sites for hydroxylation is 1. The third-order valence-corrected chi connectivity index (χ3v) is 7.38. The van der Waals surface area contributed by atoms with E-state index >= 15 is 0 Å². The van der Waals surface area contributed by atoms with Gasteiger partial charge in [0.05, 0.1) is 10.4 Å². The Morgan fingerprint density at radius 3 is 1.76 bits per heavy atom. The Labute approximate surface area is 155 Å². The Bertz CT molecular complexity index is 719. The van der Waals surface area contributed by atoms with Gasteiger partial charge in [0.15, 0.2) is 0 Å². The van der Waals surface area contributed by atoms with Crippen molar-refractivity contribution < 1.29 is 8.42 Å². The van der Waals surface area contributed by atoms with Crippen molar-refractivity contribution in [1.82, 2.24) is 4.31 Å². The summed E-state index contributed by atoms with van der Waals surface area (Å²) in [7, 11) is -3.34. The molecule has 2 atom stereocenters. The zero-order valence-corrected chi connectivity index (χ0v) is 18.2. The van der Waals surface area contributed by atoms with Crippen LogP contribution in [0.15, 0.2) is 41.3 Å². The van der Waals surface area contributed by atoms with Crippen molar-refractivity contribution >= 4 is 10.0 Å². The summed E-state index contributed by atoms with van der Waals surface area (Å²) in [5.41, 5.74) is 2.30. The predicted octanol–water partition coefficient (Wildman–Crippen LogP) is 5.41. The van der Waals surface area contributed by atoms with Crippen LogP contribution >= 0.6 is 0 Å². The lowest BCUT2D eigenvalue weighted by molar-refractivity contribution is 0.275. The van der Waals surface area contributed by atoms with E-state index in [1.54, 1.807) is 16.4 Å². The minimum atomic E-state index is -3.34. The monoisotopic (exact) mass is 365 g/mol. The number of sulfonamides is 1. The normalized spacial score (nSPS) is 23.5. The third-order valence-electron chi connectivity index (χ3n) is 5.40. The fraction of sp³-hybridized carbons (Fsp3) is 0.619. The Morgan fingerprint density at radius 1 is 1.08 bits per heavy atom. The molecule has 3 nitrogen and oxygen atoms in total. The number of hydrogen-bond acceptors (Lipinski definition) is 2. The van der Waals surface area contributed by atoms with Crippen LogP contribution in [0.3, 0.4) is 0 Å². The third kappa shape index (κ3) is 4.95. The average Bonchev–Trinajstić information content (AvgIpc) is 3.13. The van der Waals surface area contributed by atoms with E-state index in [-0.39, 0.29) is 11.0 Å². The summed E-state index contributed by atoms with van der Waals surface area (Å²) in [6.45, 7) is 23.2. The number of nitrogens with zero attached hydrogens (tertiary/aromatic N) is 1. The first-order chi connectivity index (χ1) is 11.0. The molecule has 0 saturated carbocycles. The fourth-order valence-corrected chi connectivity index (χ4v) is 4.00. The molecular formula is C21H35NO2S. The maximum absolute atomic E-state index is 12.5. The second-order valence-corrected chi connectivity index (χ2v) is 11.2. The van der Waals surface area contributed by atoms with Crippen LogP contribution in [0.25, 0.3) is 0 Å². The van der Waals surface area contributed by atoms with Crippen molar-refractivity contribution in [1.29, 1.82) is 0 Å². The Hall–Kier alpha value is -1.13. The molecule has 142 valence electrons. The van der Waals surface area contributed by atoms with E-state index in [9.17, 15) is 8.42 Å². The molecule has 1 fully saturated rings. The first-order valence-corrected chi connectivity index (χ1v) is 10.2. The molecule has 4 heteroatoms. The van der Waals surface area contributed by atoms with Gasteiger partial charge in [-0.15, -0.1) is 0 Å². The standard InChI is InChI=1S/C14H21NO2S.C7H14/c1-11-6-8-12(9-7-11)18(16,17)15-10-14(15,5)13(2,3)4;1-6(2)7(3,4)5/h6-9H,10H2,1-5H3;1H2,2-5H3. The maximum atomic E-state index is 12.5. The molecule has 0 aromatic heterocycles. The molecule has 1 aliphatic heterocycles.